The third-order valence-electron chi connectivity index (χ3n) is 2.05. The molecule has 3 nitrogen and oxygen atoms in total. The van der Waals surface area contributed by atoms with Crippen molar-refractivity contribution in [3.63, 3.8) is 0 Å². The van der Waals surface area contributed by atoms with Crippen molar-refractivity contribution in [3.8, 4) is 5.75 Å². The van der Waals surface area contributed by atoms with Gasteiger partial charge in [0, 0.05) is 13.2 Å². The highest BCUT2D eigenvalue weighted by atomic mass is 16.5. The first-order valence-corrected chi connectivity index (χ1v) is 5.29. The van der Waals surface area contributed by atoms with E-state index in [0.717, 1.165) is 17.9 Å². The van der Waals surface area contributed by atoms with Gasteiger partial charge in [-0.05, 0) is 31.5 Å². The van der Waals surface area contributed by atoms with E-state index < -0.39 is 0 Å². The van der Waals surface area contributed by atoms with Crippen LogP contribution in [0.3, 0.4) is 0 Å². The van der Waals surface area contributed by atoms with Crippen LogP contribution >= 0.6 is 0 Å². The number of hydrogen-bond donors (Lipinski definition) is 1. The monoisotopic (exact) mass is 209 g/mol. The summed E-state index contributed by atoms with van der Waals surface area (Å²) in [6.45, 7) is 5.87. The summed E-state index contributed by atoms with van der Waals surface area (Å²) in [5.74, 6) is 0.861. The van der Waals surface area contributed by atoms with Crippen molar-refractivity contribution in [3.05, 3.63) is 29.8 Å². The molecule has 0 aromatic heterocycles. The van der Waals surface area contributed by atoms with Gasteiger partial charge in [-0.15, -0.1) is 0 Å². The Hall–Kier alpha value is -1.06. The molecule has 1 aromatic carbocycles. The highest BCUT2D eigenvalue weighted by Crippen LogP contribution is 2.13. The zero-order valence-corrected chi connectivity index (χ0v) is 9.40. The lowest BCUT2D eigenvalue weighted by Gasteiger charge is -2.14. The van der Waals surface area contributed by atoms with Crippen LogP contribution in [0.5, 0.6) is 5.75 Å². The molecule has 15 heavy (non-hydrogen) atoms. The lowest BCUT2D eigenvalue weighted by Crippen LogP contribution is -2.19. The van der Waals surface area contributed by atoms with Crippen molar-refractivity contribution < 1.29 is 9.47 Å². The van der Waals surface area contributed by atoms with Crippen LogP contribution in [0.25, 0.3) is 0 Å². The molecule has 1 aromatic rings. The van der Waals surface area contributed by atoms with Crippen LogP contribution in [0.1, 0.15) is 19.4 Å². The van der Waals surface area contributed by atoms with Gasteiger partial charge >= 0.3 is 0 Å². The van der Waals surface area contributed by atoms with E-state index in [1.807, 2.05) is 38.1 Å². The SMILES string of the molecule is CCOCC(C)Oc1ccc(CN)cc1. The number of ether oxygens (including phenoxy) is 2. The van der Waals surface area contributed by atoms with Crippen molar-refractivity contribution in [2.45, 2.75) is 26.5 Å². The Morgan fingerprint density at radius 1 is 1.27 bits per heavy atom. The van der Waals surface area contributed by atoms with Gasteiger partial charge in [-0.3, -0.25) is 0 Å². The van der Waals surface area contributed by atoms with Gasteiger partial charge in [0.2, 0.25) is 0 Å². The minimum atomic E-state index is 0.0775. The van der Waals surface area contributed by atoms with Crippen LogP contribution in [0.15, 0.2) is 24.3 Å². The summed E-state index contributed by atoms with van der Waals surface area (Å²) in [6.07, 6.45) is 0.0775. The van der Waals surface area contributed by atoms with E-state index in [4.69, 9.17) is 15.2 Å². The van der Waals surface area contributed by atoms with Crippen molar-refractivity contribution >= 4 is 0 Å². The van der Waals surface area contributed by atoms with E-state index in [0.29, 0.717) is 13.2 Å². The molecule has 0 fully saturated rings. The Balaban J connectivity index is 2.42. The molecule has 1 atom stereocenters. The number of benzene rings is 1. The molecule has 0 radical (unpaired) electrons. The predicted molar refractivity (Wildman–Crippen MR) is 60.9 cm³/mol. The molecule has 0 saturated carbocycles. The normalized spacial score (nSPS) is 12.5. The molecule has 0 heterocycles. The van der Waals surface area contributed by atoms with Crippen LogP contribution in [-0.4, -0.2) is 19.3 Å². The first kappa shape index (κ1) is 12.0. The van der Waals surface area contributed by atoms with Gasteiger partial charge in [0.1, 0.15) is 11.9 Å². The maximum Gasteiger partial charge on any atom is 0.119 e. The van der Waals surface area contributed by atoms with Crippen molar-refractivity contribution in [2.75, 3.05) is 13.2 Å². The van der Waals surface area contributed by atoms with Gasteiger partial charge in [-0.2, -0.15) is 0 Å². The maximum absolute atomic E-state index is 5.65. The van der Waals surface area contributed by atoms with E-state index >= 15 is 0 Å². The van der Waals surface area contributed by atoms with Crippen molar-refractivity contribution in [1.29, 1.82) is 0 Å². The quantitative estimate of drug-likeness (QED) is 0.778. The number of rotatable bonds is 6. The average Bonchev–Trinajstić information content (AvgIpc) is 2.27. The number of nitrogens with two attached hydrogens (primary N) is 1. The van der Waals surface area contributed by atoms with Crippen molar-refractivity contribution in [2.24, 2.45) is 5.73 Å². The first-order chi connectivity index (χ1) is 7.26. The molecule has 0 aliphatic heterocycles. The summed E-state index contributed by atoms with van der Waals surface area (Å²) in [7, 11) is 0. The summed E-state index contributed by atoms with van der Waals surface area (Å²) in [5.41, 5.74) is 6.62. The summed E-state index contributed by atoms with van der Waals surface area (Å²) >= 11 is 0. The Bertz CT molecular complexity index is 271. The molecule has 1 unspecified atom stereocenters. The standard InChI is InChI=1S/C12H19NO2/c1-3-14-9-10(2)15-12-6-4-11(8-13)5-7-12/h4-7,10H,3,8-9,13H2,1-2H3. The Morgan fingerprint density at radius 3 is 2.47 bits per heavy atom. The van der Waals surface area contributed by atoms with Crippen LogP contribution in [0.4, 0.5) is 0 Å². The zero-order valence-electron chi connectivity index (χ0n) is 9.40. The third-order valence-corrected chi connectivity index (χ3v) is 2.05. The van der Waals surface area contributed by atoms with E-state index in [1.54, 1.807) is 0 Å². The first-order valence-electron chi connectivity index (χ1n) is 5.29. The Labute approximate surface area is 91.2 Å². The molecule has 0 saturated heterocycles. The molecule has 0 aliphatic carbocycles. The van der Waals surface area contributed by atoms with Crippen LogP contribution in [0.2, 0.25) is 0 Å². The van der Waals surface area contributed by atoms with Crippen LogP contribution in [-0.2, 0) is 11.3 Å². The molecule has 84 valence electrons. The van der Waals surface area contributed by atoms with Crippen molar-refractivity contribution in [1.82, 2.24) is 0 Å². The molecule has 0 aliphatic rings. The minimum Gasteiger partial charge on any atom is -0.488 e. The summed E-state index contributed by atoms with van der Waals surface area (Å²) in [5, 5.41) is 0. The molecule has 3 heteroatoms. The molecular formula is C12H19NO2. The molecular weight excluding hydrogens is 190 g/mol. The fourth-order valence-corrected chi connectivity index (χ4v) is 1.25. The largest absolute Gasteiger partial charge is 0.488 e. The third kappa shape index (κ3) is 4.32. The Kier molecular flexibility index (Phi) is 5.15. The van der Waals surface area contributed by atoms with E-state index in [2.05, 4.69) is 0 Å². The predicted octanol–water partition coefficient (Wildman–Crippen LogP) is 1.95. The van der Waals surface area contributed by atoms with Gasteiger partial charge < -0.3 is 15.2 Å². The van der Waals surface area contributed by atoms with E-state index in [9.17, 15) is 0 Å². The van der Waals surface area contributed by atoms with Crippen LogP contribution < -0.4 is 10.5 Å². The second-order valence-corrected chi connectivity index (χ2v) is 3.44. The molecule has 2 N–H and O–H groups in total. The highest BCUT2D eigenvalue weighted by molar-refractivity contribution is 5.27. The summed E-state index contributed by atoms with van der Waals surface area (Å²) in [4.78, 5) is 0. The highest BCUT2D eigenvalue weighted by Gasteiger charge is 2.03. The minimum absolute atomic E-state index is 0.0775. The second-order valence-electron chi connectivity index (χ2n) is 3.44. The molecule has 1 rings (SSSR count). The van der Waals surface area contributed by atoms with Gasteiger partial charge in [-0.1, -0.05) is 12.1 Å². The average molecular weight is 209 g/mol. The molecule has 0 amide bonds. The van der Waals surface area contributed by atoms with E-state index in [-0.39, 0.29) is 6.10 Å². The fraction of sp³-hybridized carbons (Fsp3) is 0.500. The number of hydrogen-bond acceptors (Lipinski definition) is 3. The Morgan fingerprint density at radius 2 is 1.93 bits per heavy atom. The molecule has 0 bridgehead atoms. The van der Waals surface area contributed by atoms with Gasteiger partial charge in [-0.25, -0.2) is 0 Å². The lowest BCUT2D eigenvalue weighted by molar-refractivity contribution is 0.0657. The van der Waals surface area contributed by atoms with Gasteiger partial charge in [0.15, 0.2) is 0 Å². The zero-order chi connectivity index (χ0) is 11.1. The van der Waals surface area contributed by atoms with Gasteiger partial charge in [0.25, 0.3) is 0 Å². The molecule has 0 spiro atoms. The lowest BCUT2D eigenvalue weighted by atomic mass is 10.2. The smallest absolute Gasteiger partial charge is 0.119 e. The van der Waals surface area contributed by atoms with E-state index in [1.165, 1.54) is 0 Å². The maximum atomic E-state index is 5.65. The summed E-state index contributed by atoms with van der Waals surface area (Å²) in [6, 6.07) is 7.82. The second kappa shape index (κ2) is 6.43. The van der Waals surface area contributed by atoms with Crippen LogP contribution in [0, 0.1) is 0 Å². The van der Waals surface area contributed by atoms with Gasteiger partial charge in [0.05, 0.1) is 6.61 Å². The topological polar surface area (TPSA) is 44.5 Å². The summed E-state index contributed by atoms with van der Waals surface area (Å²) < 4.78 is 10.9. The fourth-order valence-electron chi connectivity index (χ4n) is 1.25.